The van der Waals surface area contributed by atoms with E-state index in [2.05, 4.69) is 15.0 Å². The molecule has 0 aliphatic carbocycles. The summed E-state index contributed by atoms with van der Waals surface area (Å²) in [7, 11) is 3.20. The second kappa shape index (κ2) is 11.2. The van der Waals surface area contributed by atoms with Crippen molar-refractivity contribution < 1.29 is 32.2 Å². The van der Waals surface area contributed by atoms with E-state index < -0.39 is 6.36 Å². The minimum Gasteiger partial charge on any atom is -0.493 e. The average Bonchev–Trinajstić information content (AvgIpc) is 2.78. The maximum absolute atomic E-state index is 12.5. The van der Waals surface area contributed by atoms with E-state index in [1.165, 1.54) is 18.2 Å². The number of hydrogen-bond donors (Lipinski definition) is 1. The molecule has 7 nitrogen and oxygen atoms in total. The summed E-state index contributed by atoms with van der Waals surface area (Å²) in [5.41, 5.74) is 1.38. The number of nitrogens with zero attached hydrogens (tertiary/aromatic N) is 2. The van der Waals surface area contributed by atoms with Crippen LogP contribution in [0, 0.1) is 0 Å². The number of amides is 1. The molecule has 1 saturated heterocycles. The van der Waals surface area contributed by atoms with Gasteiger partial charge in [0, 0.05) is 44.8 Å². The summed E-state index contributed by atoms with van der Waals surface area (Å²) in [6.07, 6.45) is -4.78. The van der Waals surface area contributed by atoms with Crippen LogP contribution in [0.3, 0.4) is 0 Å². The number of carbonyl (C=O) groups excluding carboxylic acids is 1. The topological polar surface area (TPSA) is 63.3 Å². The van der Waals surface area contributed by atoms with E-state index in [1.807, 2.05) is 23.1 Å². The lowest BCUT2D eigenvalue weighted by Crippen LogP contribution is -2.49. The Balaban J connectivity index is 1.44. The monoisotopic (exact) mass is 467 g/mol. The fourth-order valence-corrected chi connectivity index (χ4v) is 3.67. The minimum absolute atomic E-state index is 0.0373. The predicted octanol–water partition coefficient (Wildman–Crippen LogP) is 3.04. The standard InChI is InChI=1S/C23H28F3N3O4/c1-31-20-8-7-17(13-21(20)32-2)15-28-9-11-29(12-10-28)16-22(30)27-14-18-5-3-4-6-19(18)33-23(24,25)26/h3-8,13H,9-12,14-16H2,1-2H3,(H,27,30). The van der Waals surface area contributed by atoms with Gasteiger partial charge in [-0.25, -0.2) is 0 Å². The summed E-state index contributed by atoms with van der Waals surface area (Å²) < 4.78 is 52.3. The van der Waals surface area contributed by atoms with Gasteiger partial charge >= 0.3 is 6.36 Å². The summed E-state index contributed by atoms with van der Waals surface area (Å²) in [6, 6.07) is 11.6. The quantitative estimate of drug-likeness (QED) is 0.612. The first kappa shape index (κ1) is 24.7. The lowest BCUT2D eigenvalue weighted by Gasteiger charge is -2.34. The third-order valence-corrected chi connectivity index (χ3v) is 5.36. The van der Waals surface area contributed by atoms with Crippen molar-refractivity contribution in [1.82, 2.24) is 15.1 Å². The van der Waals surface area contributed by atoms with E-state index in [0.717, 1.165) is 25.2 Å². The predicted molar refractivity (Wildman–Crippen MR) is 116 cm³/mol. The molecule has 0 radical (unpaired) electrons. The number of piperazine rings is 1. The molecule has 0 bridgehead atoms. The van der Waals surface area contributed by atoms with Crippen molar-refractivity contribution in [1.29, 1.82) is 0 Å². The molecule has 1 aliphatic rings. The van der Waals surface area contributed by atoms with Crippen LogP contribution in [0.2, 0.25) is 0 Å². The fraction of sp³-hybridized carbons (Fsp3) is 0.435. The van der Waals surface area contributed by atoms with Crippen molar-refractivity contribution in [3.05, 3.63) is 53.6 Å². The second-order valence-corrected chi connectivity index (χ2v) is 7.67. The van der Waals surface area contributed by atoms with E-state index in [4.69, 9.17) is 9.47 Å². The van der Waals surface area contributed by atoms with Gasteiger partial charge < -0.3 is 19.5 Å². The lowest BCUT2D eigenvalue weighted by atomic mass is 10.1. The van der Waals surface area contributed by atoms with Crippen molar-refractivity contribution in [3.63, 3.8) is 0 Å². The number of nitrogens with one attached hydrogen (secondary N) is 1. The molecule has 0 spiro atoms. The Labute approximate surface area is 191 Å². The Bertz CT molecular complexity index is 931. The van der Waals surface area contributed by atoms with Crippen molar-refractivity contribution >= 4 is 5.91 Å². The highest BCUT2D eigenvalue weighted by Gasteiger charge is 2.32. The summed E-state index contributed by atoms with van der Waals surface area (Å²) in [4.78, 5) is 16.6. The minimum atomic E-state index is -4.78. The molecule has 1 amide bonds. The van der Waals surface area contributed by atoms with Gasteiger partial charge in [0.05, 0.1) is 20.8 Å². The molecular formula is C23H28F3N3O4. The average molecular weight is 467 g/mol. The highest BCUT2D eigenvalue weighted by atomic mass is 19.4. The fourth-order valence-electron chi connectivity index (χ4n) is 3.67. The Kier molecular flexibility index (Phi) is 8.40. The number of benzene rings is 2. The molecule has 3 rings (SSSR count). The van der Waals surface area contributed by atoms with Crippen LogP contribution in [-0.4, -0.2) is 69.0 Å². The van der Waals surface area contributed by atoms with E-state index in [1.54, 1.807) is 20.3 Å². The van der Waals surface area contributed by atoms with Crippen LogP contribution in [-0.2, 0) is 17.9 Å². The molecule has 180 valence electrons. The third-order valence-electron chi connectivity index (χ3n) is 5.36. The summed E-state index contributed by atoms with van der Waals surface area (Å²) in [6.45, 7) is 3.93. The highest BCUT2D eigenvalue weighted by Crippen LogP contribution is 2.28. The molecule has 0 aromatic heterocycles. The first-order valence-electron chi connectivity index (χ1n) is 10.5. The van der Waals surface area contributed by atoms with E-state index in [-0.39, 0.29) is 30.3 Å². The van der Waals surface area contributed by atoms with Crippen LogP contribution in [0.15, 0.2) is 42.5 Å². The lowest BCUT2D eigenvalue weighted by molar-refractivity contribution is -0.274. The first-order valence-corrected chi connectivity index (χ1v) is 10.5. The van der Waals surface area contributed by atoms with Crippen molar-refractivity contribution in [2.75, 3.05) is 46.9 Å². The van der Waals surface area contributed by atoms with Crippen molar-refractivity contribution in [2.24, 2.45) is 0 Å². The van der Waals surface area contributed by atoms with Crippen LogP contribution >= 0.6 is 0 Å². The van der Waals surface area contributed by atoms with Gasteiger partial charge in [-0.05, 0) is 23.8 Å². The molecule has 1 heterocycles. The van der Waals surface area contributed by atoms with Gasteiger partial charge in [0.15, 0.2) is 11.5 Å². The SMILES string of the molecule is COc1ccc(CN2CCN(CC(=O)NCc3ccccc3OC(F)(F)F)CC2)cc1OC. The van der Waals surface area contributed by atoms with Gasteiger partial charge in [-0.3, -0.25) is 14.6 Å². The van der Waals surface area contributed by atoms with Gasteiger partial charge in [0.1, 0.15) is 5.75 Å². The molecule has 1 aliphatic heterocycles. The molecule has 1 N–H and O–H groups in total. The molecule has 10 heteroatoms. The maximum Gasteiger partial charge on any atom is 0.573 e. The van der Waals surface area contributed by atoms with Gasteiger partial charge in [-0.2, -0.15) is 0 Å². The van der Waals surface area contributed by atoms with Gasteiger partial charge in [-0.1, -0.05) is 24.3 Å². The molecule has 0 unspecified atom stereocenters. The van der Waals surface area contributed by atoms with Crippen LogP contribution in [0.4, 0.5) is 13.2 Å². The van der Waals surface area contributed by atoms with E-state index >= 15 is 0 Å². The van der Waals surface area contributed by atoms with Crippen LogP contribution in [0.1, 0.15) is 11.1 Å². The number of rotatable bonds is 9. The first-order chi connectivity index (χ1) is 15.8. The number of methoxy groups -OCH3 is 2. The number of halogens is 3. The zero-order chi connectivity index (χ0) is 23.8. The Morgan fingerprint density at radius 2 is 1.61 bits per heavy atom. The molecular weight excluding hydrogens is 439 g/mol. The summed E-state index contributed by atoms with van der Waals surface area (Å²) >= 11 is 0. The largest absolute Gasteiger partial charge is 0.573 e. The Morgan fingerprint density at radius 1 is 0.939 bits per heavy atom. The number of ether oxygens (including phenoxy) is 3. The molecule has 2 aromatic rings. The molecule has 1 fully saturated rings. The maximum atomic E-state index is 12.5. The number of hydrogen-bond acceptors (Lipinski definition) is 6. The van der Waals surface area contributed by atoms with Crippen molar-refractivity contribution in [3.8, 4) is 17.2 Å². The van der Waals surface area contributed by atoms with Crippen LogP contribution in [0.25, 0.3) is 0 Å². The summed E-state index contributed by atoms with van der Waals surface area (Å²) in [5, 5.41) is 2.68. The zero-order valence-corrected chi connectivity index (χ0v) is 18.7. The number of carbonyl (C=O) groups is 1. The second-order valence-electron chi connectivity index (χ2n) is 7.67. The van der Waals surface area contributed by atoms with Gasteiger partial charge in [0.25, 0.3) is 0 Å². The van der Waals surface area contributed by atoms with Crippen LogP contribution in [0.5, 0.6) is 17.2 Å². The normalized spacial score (nSPS) is 15.2. The molecule has 0 atom stereocenters. The van der Waals surface area contributed by atoms with E-state index in [9.17, 15) is 18.0 Å². The summed E-state index contributed by atoms with van der Waals surface area (Å²) in [5.74, 6) is 0.816. The number of para-hydroxylation sites is 1. The smallest absolute Gasteiger partial charge is 0.493 e. The zero-order valence-electron chi connectivity index (χ0n) is 18.7. The van der Waals surface area contributed by atoms with Crippen LogP contribution < -0.4 is 19.5 Å². The van der Waals surface area contributed by atoms with Crippen molar-refractivity contribution in [2.45, 2.75) is 19.5 Å². The van der Waals surface area contributed by atoms with E-state index in [0.29, 0.717) is 24.6 Å². The molecule has 2 aromatic carbocycles. The Hall–Kier alpha value is -2.98. The molecule has 33 heavy (non-hydrogen) atoms. The number of alkyl halides is 3. The highest BCUT2D eigenvalue weighted by molar-refractivity contribution is 5.78. The third kappa shape index (κ3) is 7.54. The molecule has 0 saturated carbocycles. The Morgan fingerprint density at radius 3 is 2.27 bits per heavy atom. The van der Waals surface area contributed by atoms with Gasteiger partial charge in [0.2, 0.25) is 5.91 Å². The van der Waals surface area contributed by atoms with Gasteiger partial charge in [-0.15, -0.1) is 13.2 Å².